The van der Waals surface area contributed by atoms with Crippen LogP contribution in [0.25, 0.3) is 21.8 Å². The molecule has 1 aromatic heterocycles. The summed E-state index contributed by atoms with van der Waals surface area (Å²) in [7, 11) is 1.59. The van der Waals surface area contributed by atoms with E-state index in [2.05, 4.69) is 18.0 Å². The molecule has 29 heavy (non-hydrogen) atoms. The first-order valence-electron chi connectivity index (χ1n) is 9.58. The molecule has 1 heterocycles. The highest BCUT2D eigenvalue weighted by atomic mass is 16.5. The number of aliphatic hydroxyl groups excluding tert-OH is 1. The van der Waals surface area contributed by atoms with E-state index in [0.717, 1.165) is 27.6 Å². The van der Waals surface area contributed by atoms with Gasteiger partial charge in [0.2, 0.25) is 0 Å². The molecular weight excluding hydrogens is 366 g/mol. The maximum atomic E-state index is 10.4. The van der Waals surface area contributed by atoms with Gasteiger partial charge >= 0.3 is 0 Å². The Labute approximate surface area is 169 Å². The van der Waals surface area contributed by atoms with Crippen LogP contribution in [0.2, 0.25) is 0 Å². The SMILES string of the molecule is [CH2]C(CC(O)COc1cccc2[nH]c3ccccc3c12)Oc1ccccc1OC. The topological polar surface area (TPSA) is 63.7 Å². The predicted octanol–water partition coefficient (Wildman–Crippen LogP) is 4.74. The third-order valence-corrected chi connectivity index (χ3v) is 4.82. The number of hydrogen-bond donors (Lipinski definition) is 2. The van der Waals surface area contributed by atoms with E-state index in [1.54, 1.807) is 7.11 Å². The first-order chi connectivity index (χ1) is 14.2. The van der Waals surface area contributed by atoms with Crippen molar-refractivity contribution in [1.82, 2.24) is 4.98 Å². The third-order valence-electron chi connectivity index (χ3n) is 4.82. The molecule has 2 unspecified atom stereocenters. The molecule has 0 spiro atoms. The molecule has 4 aromatic rings. The molecule has 1 radical (unpaired) electrons. The van der Waals surface area contributed by atoms with Gasteiger partial charge in [-0.15, -0.1) is 0 Å². The average Bonchev–Trinajstić information content (AvgIpc) is 3.12. The van der Waals surface area contributed by atoms with E-state index in [9.17, 15) is 5.11 Å². The first kappa shape index (κ1) is 19.2. The second-order valence-electron chi connectivity index (χ2n) is 6.94. The van der Waals surface area contributed by atoms with Gasteiger partial charge in [-0.05, 0) is 37.3 Å². The van der Waals surface area contributed by atoms with E-state index in [4.69, 9.17) is 14.2 Å². The maximum absolute atomic E-state index is 10.4. The van der Waals surface area contributed by atoms with E-state index in [1.807, 2.05) is 60.7 Å². The summed E-state index contributed by atoms with van der Waals surface area (Å²) in [5.74, 6) is 1.98. The van der Waals surface area contributed by atoms with E-state index in [0.29, 0.717) is 17.9 Å². The van der Waals surface area contributed by atoms with Gasteiger partial charge in [0, 0.05) is 22.7 Å². The molecule has 0 amide bonds. The summed E-state index contributed by atoms with van der Waals surface area (Å²) in [6.45, 7) is 4.14. The van der Waals surface area contributed by atoms with Gasteiger partial charge in [0.05, 0.1) is 18.7 Å². The molecule has 0 saturated heterocycles. The highest BCUT2D eigenvalue weighted by molar-refractivity contribution is 6.10. The van der Waals surface area contributed by atoms with Crippen molar-refractivity contribution in [3.63, 3.8) is 0 Å². The standard InChI is InChI=1S/C24H24NO4/c1-16(29-22-12-6-5-11-21(22)27-2)14-17(26)15-28-23-13-7-10-20-24(23)18-8-3-4-9-19(18)25-20/h3-13,16-17,25-26H,1,14-15H2,2H3. The zero-order valence-corrected chi connectivity index (χ0v) is 16.3. The molecule has 5 heteroatoms. The Hall–Kier alpha value is -3.18. The Morgan fingerprint density at radius 1 is 0.897 bits per heavy atom. The number of aliphatic hydroxyl groups is 1. The van der Waals surface area contributed by atoms with Gasteiger partial charge in [0.1, 0.15) is 18.5 Å². The fourth-order valence-electron chi connectivity index (χ4n) is 3.49. The van der Waals surface area contributed by atoms with Crippen LogP contribution >= 0.6 is 0 Å². The van der Waals surface area contributed by atoms with E-state index in [1.165, 1.54) is 0 Å². The number of hydrogen-bond acceptors (Lipinski definition) is 4. The summed E-state index contributed by atoms with van der Waals surface area (Å²) in [5, 5.41) is 12.6. The van der Waals surface area contributed by atoms with Gasteiger partial charge in [-0.2, -0.15) is 0 Å². The van der Waals surface area contributed by atoms with Crippen LogP contribution in [-0.2, 0) is 0 Å². The van der Waals surface area contributed by atoms with Gasteiger partial charge in [-0.25, -0.2) is 0 Å². The predicted molar refractivity (Wildman–Crippen MR) is 115 cm³/mol. The number of fused-ring (bicyclic) bond motifs is 3. The van der Waals surface area contributed by atoms with Gasteiger partial charge in [0.25, 0.3) is 0 Å². The number of ether oxygens (including phenoxy) is 3. The monoisotopic (exact) mass is 390 g/mol. The molecule has 0 aliphatic carbocycles. The summed E-state index contributed by atoms with van der Waals surface area (Å²) in [4.78, 5) is 3.39. The fourth-order valence-corrected chi connectivity index (χ4v) is 3.49. The van der Waals surface area contributed by atoms with Crippen molar-refractivity contribution in [2.24, 2.45) is 0 Å². The van der Waals surface area contributed by atoms with Gasteiger partial charge in [-0.3, -0.25) is 0 Å². The van der Waals surface area contributed by atoms with Crippen LogP contribution in [0.1, 0.15) is 6.42 Å². The number of methoxy groups -OCH3 is 1. The zero-order valence-electron chi connectivity index (χ0n) is 16.3. The molecule has 0 saturated carbocycles. The van der Waals surface area contributed by atoms with Gasteiger partial charge < -0.3 is 24.3 Å². The number of para-hydroxylation sites is 3. The van der Waals surface area contributed by atoms with E-state index in [-0.39, 0.29) is 6.61 Å². The molecule has 2 N–H and O–H groups in total. The third kappa shape index (κ3) is 4.15. The molecule has 0 aliphatic rings. The summed E-state index contributed by atoms with van der Waals surface area (Å²) in [6, 6.07) is 21.4. The van der Waals surface area contributed by atoms with Crippen molar-refractivity contribution in [3.8, 4) is 17.2 Å². The quantitative estimate of drug-likeness (QED) is 0.456. The number of aromatic amines is 1. The lowest BCUT2D eigenvalue weighted by molar-refractivity contribution is 0.0699. The van der Waals surface area contributed by atoms with E-state index >= 15 is 0 Å². The van der Waals surface area contributed by atoms with Crippen LogP contribution in [0.15, 0.2) is 66.7 Å². The molecule has 149 valence electrons. The highest BCUT2D eigenvalue weighted by Gasteiger charge is 2.16. The Balaban J connectivity index is 1.41. The number of H-pyrrole nitrogens is 1. The second kappa shape index (κ2) is 8.45. The van der Waals surface area contributed by atoms with Gasteiger partial charge in [-0.1, -0.05) is 36.4 Å². The molecule has 0 fully saturated rings. The lowest BCUT2D eigenvalue weighted by atomic mass is 10.1. The van der Waals surface area contributed by atoms with Crippen LogP contribution in [0.5, 0.6) is 17.2 Å². The summed E-state index contributed by atoms with van der Waals surface area (Å²) < 4.78 is 17.1. The smallest absolute Gasteiger partial charge is 0.161 e. The van der Waals surface area contributed by atoms with Crippen molar-refractivity contribution < 1.29 is 19.3 Å². The lowest BCUT2D eigenvalue weighted by Gasteiger charge is -2.20. The summed E-state index contributed by atoms with van der Waals surface area (Å²) >= 11 is 0. The molecule has 4 rings (SSSR count). The fraction of sp³-hybridized carbons (Fsp3) is 0.208. The van der Waals surface area contributed by atoms with Crippen LogP contribution in [0, 0.1) is 6.92 Å². The Morgan fingerprint density at radius 3 is 2.41 bits per heavy atom. The molecule has 3 aromatic carbocycles. The zero-order chi connectivity index (χ0) is 20.2. The van der Waals surface area contributed by atoms with Crippen molar-refractivity contribution in [2.45, 2.75) is 18.6 Å². The second-order valence-corrected chi connectivity index (χ2v) is 6.94. The molecule has 2 atom stereocenters. The van der Waals surface area contributed by atoms with Crippen LogP contribution in [0.3, 0.4) is 0 Å². The minimum absolute atomic E-state index is 0.153. The van der Waals surface area contributed by atoms with Crippen LogP contribution < -0.4 is 14.2 Å². The minimum Gasteiger partial charge on any atom is -0.493 e. The largest absolute Gasteiger partial charge is 0.493 e. The molecule has 5 nitrogen and oxygen atoms in total. The van der Waals surface area contributed by atoms with Gasteiger partial charge in [0.15, 0.2) is 11.5 Å². The molecule has 0 bridgehead atoms. The van der Waals surface area contributed by atoms with Crippen molar-refractivity contribution >= 4 is 21.8 Å². The molecule has 0 aliphatic heterocycles. The molecular formula is C24H24NO4. The Bertz CT molecular complexity index is 1100. The number of rotatable bonds is 8. The summed E-state index contributed by atoms with van der Waals surface area (Å²) in [6.07, 6.45) is -0.816. The average molecular weight is 390 g/mol. The van der Waals surface area contributed by atoms with Crippen molar-refractivity contribution in [1.29, 1.82) is 0 Å². The van der Waals surface area contributed by atoms with Crippen molar-refractivity contribution in [3.05, 3.63) is 73.7 Å². The van der Waals surface area contributed by atoms with Crippen LogP contribution in [-0.4, -0.2) is 36.0 Å². The normalized spacial score (nSPS) is 13.3. The lowest BCUT2D eigenvalue weighted by Crippen LogP contribution is -2.26. The Morgan fingerprint density at radius 2 is 1.59 bits per heavy atom. The van der Waals surface area contributed by atoms with E-state index < -0.39 is 12.2 Å². The number of benzene rings is 3. The minimum atomic E-state index is -0.715. The highest BCUT2D eigenvalue weighted by Crippen LogP contribution is 2.33. The maximum Gasteiger partial charge on any atom is 0.161 e. The van der Waals surface area contributed by atoms with Crippen molar-refractivity contribution in [2.75, 3.05) is 13.7 Å². The first-order valence-corrected chi connectivity index (χ1v) is 9.58. The summed E-state index contributed by atoms with van der Waals surface area (Å²) in [5.41, 5.74) is 2.06. The number of nitrogens with one attached hydrogen (secondary N) is 1. The van der Waals surface area contributed by atoms with Crippen LogP contribution in [0.4, 0.5) is 0 Å². The number of aromatic nitrogens is 1. The Kier molecular flexibility index (Phi) is 5.58.